The summed E-state index contributed by atoms with van der Waals surface area (Å²) in [6.07, 6.45) is 0.885. The molecule has 2 atom stereocenters. The first kappa shape index (κ1) is 15.9. The third kappa shape index (κ3) is 4.18. The molecule has 1 aromatic rings. The van der Waals surface area contributed by atoms with Gasteiger partial charge >= 0.3 is 0 Å². The standard InChI is InChI=1S/C13H19BrN2O3/c1-4-9(2)13(3,17)8-15-12-6-5-10(16(18)19)7-11(12)14/h5-7,9,15,17H,4,8H2,1-3H3. The van der Waals surface area contributed by atoms with E-state index >= 15 is 0 Å². The molecular formula is C13H19BrN2O3. The zero-order valence-electron chi connectivity index (χ0n) is 11.3. The van der Waals surface area contributed by atoms with Crippen molar-refractivity contribution in [3.05, 3.63) is 32.8 Å². The fourth-order valence-electron chi connectivity index (χ4n) is 1.65. The van der Waals surface area contributed by atoms with Gasteiger partial charge in [0.15, 0.2) is 0 Å². The van der Waals surface area contributed by atoms with Crippen molar-refractivity contribution in [2.75, 3.05) is 11.9 Å². The van der Waals surface area contributed by atoms with Crippen molar-refractivity contribution >= 4 is 27.3 Å². The molecule has 5 nitrogen and oxygen atoms in total. The van der Waals surface area contributed by atoms with E-state index in [-0.39, 0.29) is 11.6 Å². The molecule has 19 heavy (non-hydrogen) atoms. The van der Waals surface area contributed by atoms with Gasteiger partial charge in [-0.2, -0.15) is 0 Å². The van der Waals surface area contributed by atoms with E-state index in [1.807, 2.05) is 13.8 Å². The van der Waals surface area contributed by atoms with Gasteiger partial charge in [-0.1, -0.05) is 20.3 Å². The van der Waals surface area contributed by atoms with Crippen LogP contribution in [-0.4, -0.2) is 22.2 Å². The Morgan fingerprint density at radius 1 is 1.58 bits per heavy atom. The maximum atomic E-state index is 10.6. The van der Waals surface area contributed by atoms with Crippen LogP contribution in [0.1, 0.15) is 27.2 Å². The zero-order chi connectivity index (χ0) is 14.6. The Bertz CT molecular complexity index is 463. The Morgan fingerprint density at radius 3 is 2.68 bits per heavy atom. The first-order valence-corrected chi connectivity index (χ1v) is 6.97. The van der Waals surface area contributed by atoms with Crippen molar-refractivity contribution in [2.24, 2.45) is 5.92 Å². The first-order chi connectivity index (χ1) is 8.77. The molecule has 2 unspecified atom stereocenters. The minimum Gasteiger partial charge on any atom is -0.388 e. The van der Waals surface area contributed by atoms with Crippen molar-refractivity contribution in [2.45, 2.75) is 32.8 Å². The Hall–Kier alpha value is -1.14. The lowest BCUT2D eigenvalue weighted by atomic mass is 9.88. The molecule has 106 valence electrons. The van der Waals surface area contributed by atoms with E-state index in [0.29, 0.717) is 11.0 Å². The maximum absolute atomic E-state index is 10.6. The number of halogens is 1. The van der Waals surface area contributed by atoms with Crippen LogP contribution >= 0.6 is 15.9 Å². The van der Waals surface area contributed by atoms with Crippen LogP contribution < -0.4 is 5.32 Å². The molecule has 6 heteroatoms. The molecule has 0 radical (unpaired) electrons. The van der Waals surface area contributed by atoms with E-state index in [2.05, 4.69) is 21.2 Å². The first-order valence-electron chi connectivity index (χ1n) is 6.18. The normalized spacial score (nSPS) is 15.6. The van der Waals surface area contributed by atoms with Crippen LogP contribution in [-0.2, 0) is 0 Å². The van der Waals surface area contributed by atoms with Crippen LogP contribution in [0.2, 0.25) is 0 Å². The smallest absolute Gasteiger partial charge is 0.270 e. The molecule has 0 spiro atoms. The summed E-state index contributed by atoms with van der Waals surface area (Å²) in [7, 11) is 0. The highest BCUT2D eigenvalue weighted by Crippen LogP contribution is 2.28. The second kappa shape index (κ2) is 6.34. The SMILES string of the molecule is CCC(C)C(C)(O)CNc1ccc([N+](=O)[O-])cc1Br. The number of non-ortho nitro benzene ring substituents is 1. The van der Waals surface area contributed by atoms with Crippen molar-refractivity contribution in [1.29, 1.82) is 0 Å². The van der Waals surface area contributed by atoms with Gasteiger partial charge in [-0.05, 0) is 34.8 Å². The fourth-order valence-corrected chi connectivity index (χ4v) is 2.16. The van der Waals surface area contributed by atoms with Crippen LogP contribution in [0.3, 0.4) is 0 Å². The number of aliphatic hydroxyl groups is 1. The predicted molar refractivity (Wildman–Crippen MR) is 79.4 cm³/mol. The summed E-state index contributed by atoms with van der Waals surface area (Å²) >= 11 is 3.29. The van der Waals surface area contributed by atoms with Gasteiger partial charge in [0.05, 0.1) is 10.5 Å². The number of rotatable bonds is 6. The lowest BCUT2D eigenvalue weighted by molar-refractivity contribution is -0.384. The third-order valence-corrected chi connectivity index (χ3v) is 4.13. The highest BCUT2D eigenvalue weighted by atomic mass is 79.9. The zero-order valence-corrected chi connectivity index (χ0v) is 12.9. The molecule has 1 aromatic carbocycles. The number of hydrogen-bond donors (Lipinski definition) is 2. The largest absolute Gasteiger partial charge is 0.388 e. The highest BCUT2D eigenvalue weighted by molar-refractivity contribution is 9.10. The van der Waals surface area contributed by atoms with Gasteiger partial charge in [0, 0.05) is 28.8 Å². The highest BCUT2D eigenvalue weighted by Gasteiger charge is 2.26. The van der Waals surface area contributed by atoms with Crippen molar-refractivity contribution in [1.82, 2.24) is 0 Å². The second-order valence-corrected chi connectivity index (χ2v) is 5.80. The van der Waals surface area contributed by atoms with Crippen LogP contribution in [0.5, 0.6) is 0 Å². The van der Waals surface area contributed by atoms with E-state index in [1.165, 1.54) is 12.1 Å². The lowest BCUT2D eigenvalue weighted by Crippen LogP contribution is -2.39. The minimum atomic E-state index is -0.823. The Balaban J connectivity index is 2.76. The molecular weight excluding hydrogens is 312 g/mol. The van der Waals surface area contributed by atoms with Gasteiger partial charge in [-0.25, -0.2) is 0 Å². The monoisotopic (exact) mass is 330 g/mol. The molecule has 0 bridgehead atoms. The van der Waals surface area contributed by atoms with E-state index in [4.69, 9.17) is 0 Å². The average Bonchev–Trinajstić information content (AvgIpc) is 2.36. The molecule has 0 saturated heterocycles. The second-order valence-electron chi connectivity index (χ2n) is 4.94. The number of anilines is 1. The van der Waals surface area contributed by atoms with Gasteiger partial charge < -0.3 is 10.4 Å². The number of nitro groups is 1. The van der Waals surface area contributed by atoms with E-state index in [9.17, 15) is 15.2 Å². The lowest BCUT2D eigenvalue weighted by Gasteiger charge is -2.30. The molecule has 0 aliphatic heterocycles. The van der Waals surface area contributed by atoms with Crippen LogP contribution in [0, 0.1) is 16.0 Å². The maximum Gasteiger partial charge on any atom is 0.270 e. The van der Waals surface area contributed by atoms with E-state index < -0.39 is 10.5 Å². The average molecular weight is 331 g/mol. The summed E-state index contributed by atoms with van der Waals surface area (Å²) in [5.74, 6) is 0.164. The summed E-state index contributed by atoms with van der Waals surface area (Å²) in [6, 6.07) is 4.51. The number of hydrogen-bond acceptors (Lipinski definition) is 4. The quantitative estimate of drug-likeness (QED) is 0.617. The Morgan fingerprint density at radius 2 is 2.21 bits per heavy atom. The van der Waals surface area contributed by atoms with Gasteiger partial charge in [0.1, 0.15) is 0 Å². The third-order valence-electron chi connectivity index (χ3n) is 3.47. The van der Waals surface area contributed by atoms with Crippen LogP contribution in [0.4, 0.5) is 11.4 Å². The molecule has 0 heterocycles. The minimum absolute atomic E-state index is 0.0334. The summed E-state index contributed by atoms with van der Waals surface area (Å²) in [4.78, 5) is 10.2. The number of benzene rings is 1. The van der Waals surface area contributed by atoms with Crippen LogP contribution in [0.25, 0.3) is 0 Å². The van der Waals surface area contributed by atoms with Crippen molar-refractivity contribution in [3.63, 3.8) is 0 Å². The fraction of sp³-hybridized carbons (Fsp3) is 0.538. The number of nitrogens with one attached hydrogen (secondary N) is 1. The summed E-state index contributed by atoms with van der Waals surface area (Å²) in [6.45, 7) is 6.19. The molecule has 2 N–H and O–H groups in total. The van der Waals surface area contributed by atoms with Crippen molar-refractivity contribution in [3.8, 4) is 0 Å². The molecule has 0 fully saturated rings. The Labute approximate surface area is 121 Å². The molecule has 0 aliphatic carbocycles. The van der Waals surface area contributed by atoms with Crippen LogP contribution in [0.15, 0.2) is 22.7 Å². The van der Waals surface area contributed by atoms with Gasteiger partial charge in [-0.3, -0.25) is 10.1 Å². The summed E-state index contributed by atoms with van der Waals surface area (Å²) < 4.78 is 0.613. The molecule has 1 rings (SSSR count). The predicted octanol–water partition coefficient (Wildman–Crippen LogP) is 3.57. The molecule has 0 aromatic heterocycles. The van der Waals surface area contributed by atoms with Crippen molar-refractivity contribution < 1.29 is 10.0 Å². The molecule has 0 saturated carbocycles. The Kier molecular flexibility index (Phi) is 5.31. The number of nitrogens with zero attached hydrogens (tertiary/aromatic N) is 1. The molecule has 0 aliphatic rings. The van der Waals surface area contributed by atoms with Gasteiger partial charge in [0.25, 0.3) is 5.69 Å². The molecule has 0 amide bonds. The topological polar surface area (TPSA) is 75.4 Å². The van der Waals surface area contributed by atoms with E-state index in [0.717, 1.165) is 12.1 Å². The number of nitro benzene ring substituents is 1. The van der Waals surface area contributed by atoms with Gasteiger partial charge in [0.2, 0.25) is 0 Å². The van der Waals surface area contributed by atoms with E-state index in [1.54, 1.807) is 13.0 Å². The summed E-state index contributed by atoms with van der Waals surface area (Å²) in [5.41, 5.74) is -0.0593. The van der Waals surface area contributed by atoms with Gasteiger partial charge in [-0.15, -0.1) is 0 Å². The summed E-state index contributed by atoms with van der Waals surface area (Å²) in [5, 5.41) is 24.0.